The highest BCUT2D eigenvalue weighted by atomic mass is 16.7. The number of hydrogen-bond acceptors (Lipinski definition) is 5. The average Bonchev–Trinajstić information content (AvgIpc) is 3.13. The van der Waals surface area contributed by atoms with Gasteiger partial charge < -0.3 is 14.8 Å². The summed E-state index contributed by atoms with van der Waals surface area (Å²) in [5.74, 6) is 0. The van der Waals surface area contributed by atoms with Crippen LogP contribution in [-0.2, 0) is 22.6 Å². The highest BCUT2D eigenvalue weighted by molar-refractivity contribution is 5.33. The molecule has 6 heteroatoms. The molecule has 2 rings (SSSR count). The van der Waals surface area contributed by atoms with Gasteiger partial charge in [0.1, 0.15) is 5.69 Å². The fourth-order valence-corrected chi connectivity index (χ4v) is 2.28. The van der Waals surface area contributed by atoms with Gasteiger partial charge in [0.15, 0.2) is 6.29 Å². The lowest BCUT2D eigenvalue weighted by molar-refractivity contribution is -0.136. The van der Waals surface area contributed by atoms with E-state index in [1.165, 1.54) is 5.56 Å². The Morgan fingerprint density at radius 3 is 2.52 bits per heavy atom. The maximum Gasteiger partial charge on any atom is 0.157 e. The van der Waals surface area contributed by atoms with Crippen LogP contribution >= 0.6 is 0 Å². The van der Waals surface area contributed by atoms with Gasteiger partial charge in [0.2, 0.25) is 0 Å². The first kappa shape index (κ1) is 21.3. The smallest absolute Gasteiger partial charge is 0.157 e. The Balaban J connectivity index is 0.00000151. The zero-order chi connectivity index (χ0) is 18.5. The minimum absolute atomic E-state index is 0.180. The first-order valence-electron chi connectivity index (χ1n) is 9.06. The molecule has 0 aliphatic rings. The van der Waals surface area contributed by atoms with E-state index in [0.29, 0.717) is 6.61 Å². The van der Waals surface area contributed by atoms with Crippen LogP contribution in [0, 0.1) is 0 Å². The minimum atomic E-state index is -0.180. The van der Waals surface area contributed by atoms with Crippen LogP contribution < -0.4 is 5.32 Å². The van der Waals surface area contributed by atoms with Gasteiger partial charge in [-0.15, -0.1) is 5.10 Å². The summed E-state index contributed by atoms with van der Waals surface area (Å²) in [5.41, 5.74) is 3.01. The average molecular weight is 348 g/mol. The van der Waals surface area contributed by atoms with Crippen molar-refractivity contribution >= 4 is 0 Å². The van der Waals surface area contributed by atoms with Crippen LogP contribution in [0.2, 0.25) is 0 Å². The fraction of sp³-hybridized carbons (Fsp3) is 0.579. The van der Waals surface area contributed by atoms with Crippen LogP contribution in [0.1, 0.15) is 51.3 Å². The molecule has 0 aliphatic heterocycles. The molecule has 6 nitrogen and oxygen atoms in total. The van der Waals surface area contributed by atoms with Gasteiger partial charge in [-0.1, -0.05) is 44.5 Å². The Kier molecular flexibility index (Phi) is 10.7. The largest absolute Gasteiger partial charge is 0.356 e. The topological polar surface area (TPSA) is 61.2 Å². The molecule has 0 aliphatic carbocycles. The monoisotopic (exact) mass is 348 g/mol. The fourth-order valence-electron chi connectivity index (χ4n) is 2.28. The Labute approximate surface area is 151 Å². The van der Waals surface area contributed by atoms with E-state index in [9.17, 15) is 0 Å². The second-order valence-electron chi connectivity index (χ2n) is 5.47. The molecule has 0 spiro atoms. The second-order valence-corrected chi connectivity index (χ2v) is 5.47. The van der Waals surface area contributed by atoms with Gasteiger partial charge in [-0.3, -0.25) is 0 Å². The molecule has 0 amide bonds. The molecule has 25 heavy (non-hydrogen) atoms. The Bertz CT molecular complexity index is 569. The SMILES string of the molecule is CC.CCCCC(OC)OCc1cn(-c2ccc(CNC)cc2)nn1. The van der Waals surface area contributed by atoms with Crippen molar-refractivity contribution in [2.75, 3.05) is 14.2 Å². The quantitative estimate of drug-likeness (QED) is 0.664. The molecule has 1 N–H and O–H groups in total. The number of methoxy groups -OCH3 is 1. The van der Waals surface area contributed by atoms with E-state index in [2.05, 4.69) is 34.7 Å². The number of ether oxygens (including phenoxy) is 2. The lowest BCUT2D eigenvalue weighted by Gasteiger charge is -2.14. The highest BCUT2D eigenvalue weighted by Gasteiger charge is 2.09. The van der Waals surface area contributed by atoms with Crippen LogP contribution in [0.5, 0.6) is 0 Å². The van der Waals surface area contributed by atoms with Gasteiger partial charge in [-0.25, -0.2) is 4.68 Å². The number of nitrogens with one attached hydrogen (secondary N) is 1. The van der Waals surface area contributed by atoms with Crippen LogP contribution in [-0.4, -0.2) is 35.4 Å². The summed E-state index contributed by atoms with van der Waals surface area (Å²) in [5, 5.41) is 11.4. The predicted octanol–water partition coefficient (Wildman–Crippen LogP) is 3.69. The lowest BCUT2D eigenvalue weighted by atomic mass is 10.2. The van der Waals surface area contributed by atoms with E-state index >= 15 is 0 Å². The van der Waals surface area contributed by atoms with E-state index in [1.54, 1.807) is 11.8 Å². The van der Waals surface area contributed by atoms with Crippen LogP contribution in [0.15, 0.2) is 30.5 Å². The molecule has 1 aromatic carbocycles. The standard InChI is InChI=1S/C17H26N4O2.C2H6/c1-4-5-6-17(22-3)23-13-15-12-21(20-19-15)16-9-7-14(8-10-16)11-18-2;1-2/h7-10,12,17-18H,4-6,11,13H2,1-3H3;1-2H3. The van der Waals surface area contributed by atoms with E-state index in [0.717, 1.165) is 37.2 Å². The third kappa shape index (κ3) is 7.34. The van der Waals surface area contributed by atoms with E-state index < -0.39 is 0 Å². The normalized spacial score (nSPS) is 11.7. The van der Waals surface area contributed by atoms with Crippen molar-refractivity contribution < 1.29 is 9.47 Å². The summed E-state index contributed by atoms with van der Waals surface area (Å²) in [6, 6.07) is 8.22. The van der Waals surface area contributed by atoms with Gasteiger partial charge >= 0.3 is 0 Å². The minimum Gasteiger partial charge on any atom is -0.356 e. The zero-order valence-electron chi connectivity index (χ0n) is 16.2. The lowest BCUT2D eigenvalue weighted by Crippen LogP contribution is -2.15. The van der Waals surface area contributed by atoms with Crippen molar-refractivity contribution in [3.05, 3.63) is 41.7 Å². The van der Waals surface area contributed by atoms with Crippen LogP contribution in [0.3, 0.4) is 0 Å². The third-order valence-electron chi connectivity index (χ3n) is 3.60. The molecule has 1 unspecified atom stereocenters. The van der Waals surface area contributed by atoms with Crippen molar-refractivity contribution in [2.24, 2.45) is 0 Å². The van der Waals surface area contributed by atoms with Crippen LogP contribution in [0.25, 0.3) is 5.69 Å². The Hall–Kier alpha value is -1.76. The van der Waals surface area contributed by atoms with Gasteiger partial charge in [-0.05, 0) is 37.6 Å². The summed E-state index contributed by atoms with van der Waals surface area (Å²) < 4.78 is 12.8. The zero-order valence-corrected chi connectivity index (χ0v) is 16.2. The molecule has 1 heterocycles. The summed E-state index contributed by atoms with van der Waals surface area (Å²) in [6.07, 6.45) is 4.82. The third-order valence-corrected chi connectivity index (χ3v) is 3.60. The van der Waals surface area contributed by atoms with E-state index in [1.807, 2.05) is 39.2 Å². The summed E-state index contributed by atoms with van der Waals surface area (Å²) in [7, 11) is 3.61. The number of aromatic nitrogens is 3. The Morgan fingerprint density at radius 2 is 1.92 bits per heavy atom. The number of benzene rings is 1. The maximum absolute atomic E-state index is 5.73. The molecule has 1 atom stereocenters. The van der Waals surface area contributed by atoms with E-state index in [-0.39, 0.29) is 6.29 Å². The summed E-state index contributed by atoms with van der Waals surface area (Å²) >= 11 is 0. The summed E-state index contributed by atoms with van der Waals surface area (Å²) in [4.78, 5) is 0. The summed E-state index contributed by atoms with van der Waals surface area (Å²) in [6.45, 7) is 7.41. The van der Waals surface area contributed by atoms with Gasteiger partial charge in [0.05, 0.1) is 18.5 Å². The van der Waals surface area contributed by atoms with Crippen molar-refractivity contribution in [2.45, 2.75) is 59.5 Å². The predicted molar refractivity (Wildman–Crippen MR) is 101 cm³/mol. The van der Waals surface area contributed by atoms with Crippen LogP contribution in [0.4, 0.5) is 0 Å². The maximum atomic E-state index is 5.73. The van der Waals surface area contributed by atoms with Gasteiger partial charge in [0, 0.05) is 13.7 Å². The first-order chi connectivity index (χ1) is 12.3. The molecule has 0 bridgehead atoms. The van der Waals surface area contributed by atoms with Gasteiger partial charge in [-0.2, -0.15) is 0 Å². The molecule has 0 fully saturated rings. The van der Waals surface area contributed by atoms with Crippen molar-refractivity contribution in [1.82, 2.24) is 20.3 Å². The van der Waals surface area contributed by atoms with E-state index in [4.69, 9.17) is 9.47 Å². The van der Waals surface area contributed by atoms with Crippen molar-refractivity contribution in [1.29, 1.82) is 0 Å². The molecule has 0 saturated carbocycles. The number of unbranched alkanes of at least 4 members (excludes halogenated alkanes) is 1. The first-order valence-corrected chi connectivity index (χ1v) is 9.06. The molecule has 0 radical (unpaired) electrons. The molecule has 1 aromatic heterocycles. The highest BCUT2D eigenvalue weighted by Crippen LogP contribution is 2.11. The van der Waals surface area contributed by atoms with Crippen molar-refractivity contribution in [3.8, 4) is 5.69 Å². The number of hydrogen-bond donors (Lipinski definition) is 1. The number of rotatable bonds is 10. The Morgan fingerprint density at radius 1 is 1.20 bits per heavy atom. The molecular weight excluding hydrogens is 316 g/mol. The second kappa shape index (κ2) is 12.6. The number of nitrogens with zero attached hydrogens (tertiary/aromatic N) is 3. The molecule has 2 aromatic rings. The molecular formula is C19H32N4O2. The molecule has 140 valence electrons. The van der Waals surface area contributed by atoms with Gasteiger partial charge in [0.25, 0.3) is 0 Å². The van der Waals surface area contributed by atoms with Crippen molar-refractivity contribution in [3.63, 3.8) is 0 Å². The molecule has 0 saturated heterocycles.